The number of rotatable bonds is 6. The zero-order valence-electron chi connectivity index (χ0n) is 18.6. The Morgan fingerprint density at radius 2 is 1.76 bits per heavy atom. The van der Waals surface area contributed by atoms with Crippen LogP contribution in [0.25, 0.3) is 17.1 Å². The van der Waals surface area contributed by atoms with Crippen LogP contribution in [0.3, 0.4) is 0 Å². The molecular weight excluding hydrogens is 452 g/mol. The summed E-state index contributed by atoms with van der Waals surface area (Å²) in [6.45, 7) is 2.86. The van der Waals surface area contributed by atoms with Gasteiger partial charge in [0.2, 0.25) is 10.0 Å². The van der Waals surface area contributed by atoms with Gasteiger partial charge in [-0.3, -0.25) is 4.79 Å². The molecule has 8 nitrogen and oxygen atoms in total. The number of benzene rings is 2. The molecule has 4 aromatic rings. The van der Waals surface area contributed by atoms with Crippen molar-refractivity contribution < 1.29 is 17.6 Å². The Hall–Kier alpha value is -3.69. The molecule has 1 fully saturated rings. The van der Waals surface area contributed by atoms with E-state index in [1.165, 1.54) is 10.4 Å². The van der Waals surface area contributed by atoms with Crippen molar-refractivity contribution in [2.75, 3.05) is 18.4 Å². The summed E-state index contributed by atoms with van der Waals surface area (Å²) in [5.74, 6) is 0.764. The molecule has 0 aliphatic carbocycles. The summed E-state index contributed by atoms with van der Waals surface area (Å²) in [7, 11) is -3.59. The number of nitrogens with one attached hydrogen (secondary N) is 1. The van der Waals surface area contributed by atoms with Gasteiger partial charge in [-0.1, -0.05) is 24.3 Å². The number of aromatic nitrogens is 2. The van der Waals surface area contributed by atoms with Gasteiger partial charge in [0.25, 0.3) is 5.91 Å². The van der Waals surface area contributed by atoms with Crippen LogP contribution in [0.4, 0.5) is 5.69 Å². The number of carbonyl (C=O) groups is 1. The second kappa shape index (κ2) is 8.92. The van der Waals surface area contributed by atoms with E-state index in [0.29, 0.717) is 41.6 Å². The van der Waals surface area contributed by atoms with Gasteiger partial charge in [0.15, 0.2) is 5.76 Å². The van der Waals surface area contributed by atoms with E-state index in [9.17, 15) is 13.2 Å². The topological polar surface area (TPSA) is 97.4 Å². The van der Waals surface area contributed by atoms with E-state index in [0.717, 1.165) is 18.5 Å². The molecular formula is C25H24N4O4S. The first kappa shape index (κ1) is 22.1. The molecule has 34 heavy (non-hydrogen) atoms. The average Bonchev–Trinajstić information content (AvgIpc) is 3.60. The summed E-state index contributed by atoms with van der Waals surface area (Å²) in [5, 5.41) is 7.42. The van der Waals surface area contributed by atoms with Gasteiger partial charge in [0.05, 0.1) is 16.1 Å². The predicted octanol–water partition coefficient (Wildman–Crippen LogP) is 4.48. The van der Waals surface area contributed by atoms with Crippen molar-refractivity contribution in [3.63, 3.8) is 0 Å². The summed E-state index contributed by atoms with van der Waals surface area (Å²) < 4.78 is 34.7. The van der Waals surface area contributed by atoms with Crippen LogP contribution in [-0.2, 0) is 10.0 Å². The van der Waals surface area contributed by atoms with Gasteiger partial charge in [-0.15, -0.1) is 0 Å². The number of amides is 1. The third-order valence-corrected chi connectivity index (χ3v) is 7.64. The lowest BCUT2D eigenvalue weighted by atomic mass is 10.2. The van der Waals surface area contributed by atoms with Gasteiger partial charge in [0, 0.05) is 25.0 Å². The molecule has 1 aliphatic rings. The molecule has 0 saturated carbocycles. The molecule has 2 aromatic carbocycles. The molecule has 1 saturated heterocycles. The van der Waals surface area contributed by atoms with Crippen LogP contribution < -0.4 is 5.32 Å². The van der Waals surface area contributed by atoms with Crippen molar-refractivity contribution >= 4 is 21.6 Å². The largest absolute Gasteiger partial charge is 0.460 e. The second-order valence-electron chi connectivity index (χ2n) is 8.17. The number of anilines is 1. The minimum Gasteiger partial charge on any atom is -0.460 e. The lowest BCUT2D eigenvalue weighted by Gasteiger charge is -2.16. The molecule has 0 atom stereocenters. The molecule has 5 rings (SSSR count). The Morgan fingerprint density at radius 1 is 1.00 bits per heavy atom. The molecule has 9 heteroatoms. The van der Waals surface area contributed by atoms with Crippen molar-refractivity contribution in [3.05, 3.63) is 84.3 Å². The minimum absolute atomic E-state index is 0.161. The van der Waals surface area contributed by atoms with Crippen molar-refractivity contribution in [1.82, 2.24) is 14.1 Å². The van der Waals surface area contributed by atoms with E-state index >= 15 is 0 Å². The molecule has 0 unspecified atom stereocenters. The summed E-state index contributed by atoms with van der Waals surface area (Å²) in [6.07, 6.45) is 3.36. The fourth-order valence-electron chi connectivity index (χ4n) is 4.01. The third-order valence-electron chi connectivity index (χ3n) is 5.75. The van der Waals surface area contributed by atoms with E-state index < -0.39 is 15.9 Å². The molecule has 3 heterocycles. The number of para-hydroxylation sites is 1. The lowest BCUT2D eigenvalue weighted by Crippen LogP contribution is -2.27. The zero-order chi connectivity index (χ0) is 23.7. The number of carbonyl (C=O) groups excluding carboxylic acids is 1. The lowest BCUT2D eigenvalue weighted by molar-refractivity contribution is 0.102. The van der Waals surface area contributed by atoms with Gasteiger partial charge < -0.3 is 9.73 Å². The zero-order valence-corrected chi connectivity index (χ0v) is 19.5. The van der Waals surface area contributed by atoms with E-state index in [2.05, 4.69) is 10.4 Å². The van der Waals surface area contributed by atoms with Crippen molar-refractivity contribution in [2.45, 2.75) is 24.7 Å². The SMILES string of the molecule is Cc1ccc(-c2nn(-c3ccccc3)cc2C(=O)Nc2cccc(S(=O)(=O)N3CCCC3)c2)o1. The normalized spacial score (nSPS) is 14.4. The summed E-state index contributed by atoms with van der Waals surface area (Å²) in [5.41, 5.74) is 1.89. The van der Waals surface area contributed by atoms with Crippen molar-refractivity contribution in [1.29, 1.82) is 0 Å². The predicted molar refractivity (Wildman–Crippen MR) is 128 cm³/mol. The van der Waals surface area contributed by atoms with Crippen LogP contribution in [-0.4, -0.2) is 41.5 Å². The fraction of sp³-hybridized carbons (Fsp3) is 0.200. The molecule has 1 N–H and O–H groups in total. The maximum absolute atomic E-state index is 13.3. The highest BCUT2D eigenvalue weighted by molar-refractivity contribution is 7.89. The number of furan rings is 1. The Kier molecular flexibility index (Phi) is 5.80. The Morgan fingerprint density at radius 3 is 2.47 bits per heavy atom. The highest BCUT2D eigenvalue weighted by Gasteiger charge is 2.27. The van der Waals surface area contributed by atoms with Gasteiger partial charge in [-0.2, -0.15) is 9.40 Å². The molecule has 0 bridgehead atoms. The second-order valence-corrected chi connectivity index (χ2v) is 10.1. The van der Waals surface area contributed by atoms with E-state index in [-0.39, 0.29) is 4.90 Å². The van der Waals surface area contributed by atoms with Crippen molar-refractivity contribution in [3.8, 4) is 17.1 Å². The van der Waals surface area contributed by atoms with E-state index in [1.807, 2.05) is 43.3 Å². The van der Waals surface area contributed by atoms with Gasteiger partial charge in [-0.25, -0.2) is 13.1 Å². The Balaban J connectivity index is 1.47. The first-order valence-electron chi connectivity index (χ1n) is 11.1. The Labute approximate surface area is 197 Å². The summed E-state index contributed by atoms with van der Waals surface area (Å²) in [4.78, 5) is 13.5. The quantitative estimate of drug-likeness (QED) is 0.443. The fourth-order valence-corrected chi connectivity index (χ4v) is 5.57. The van der Waals surface area contributed by atoms with Gasteiger partial charge in [0.1, 0.15) is 11.5 Å². The number of hydrogen-bond acceptors (Lipinski definition) is 5. The molecule has 0 spiro atoms. The smallest absolute Gasteiger partial charge is 0.259 e. The Bertz CT molecular complexity index is 1430. The van der Waals surface area contributed by atoms with Crippen LogP contribution in [0.15, 0.2) is 82.2 Å². The monoisotopic (exact) mass is 476 g/mol. The maximum Gasteiger partial charge on any atom is 0.259 e. The number of hydrogen-bond donors (Lipinski definition) is 1. The van der Waals surface area contributed by atoms with Crippen LogP contribution in [0.5, 0.6) is 0 Å². The third kappa shape index (κ3) is 4.27. The number of aryl methyl sites for hydroxylation is 1. The van der Waals surface area contributed by atoms with E-state index in [4.69, 9.17) is 4.42 Å². The first-order valence-corrected chi connectivity index (χ1v) is 12.5. The first-order chi connectivity index (χ1) is 16.4. The van der Waals surface area contributed by atoms with Crippen LogP contribution in [0.2, 0.25) is 0 Å². The number of sulfonamides is 1. The number of nitrogens with zero attached hydrogens (tertiary/aromatic N) is 3. The van der Waals surface area contributed by atoms with Gasteiger partial charge >= 0.3 is 0 Å². The average molecular weight is 477 g/mol. The summed E-state index contributed by atoms with van der Waals surface area (Å²) >= 11 is 0. The molecule has 174 valence electrons. The van der Waals surface area contributed by atoms with Crippen LogP contribution in [0, 0.1) is 6.92 Å². The molecule has 0 radical (unpaired) electrons. The van der Waals surface area contributed by atoms with Crippen LogP contribution in [0.1, 0.15) is 29.0 Å². The minimum atomic E-state index is -3.59. The highest BCUT2D eigenvalue weighted by atomic mass is 32.2. The molecule has 1 aliphatic heterocycles. The molecule has 1 amide bonds. The summed E-state index contributed by atoms with van der Waals surface area (Å²) in [6, 6.07) is 19.4. The van der Waals surface area contributed by atoms with Gasteiger partial charge in [-0.05, 0) is 62.2 Å². The van der Waals surface area contributed by atoms with Crippen LogP contribution >= 0.6 is 0 Å². The van der Waals surface area contributed by atoms with E-state index in [1.54, 1.807) is 35.1 Å². The van der Waals surface area contributed by atoms with Crippen molar-refractivity contribution in [2.24, 2.45) is 0 Å². The standard InChI is InChI=1S/C25H24N4O4S/c1-18-12-13-23(33-18)24-22(17-29(27-24)20-9-3-2-4-10-20)25(30)26-19-8-7-11-21(16-19)34(31,32)28-14-5-6-15-28/h2-4,7-13,16-17H,5-6,14-15H2,1H3,(H,26,30). The highest BCUT2D eigenvalue weighted by Crippen LogP contribution is 2.28. The molecule has 2 aromatic heterocycles. The maximum atomic E-state index is 13.3.